The normalized spacial score (nSPS) is 12.3. The molecule has 1 aliphatic heterocycles. The van der Waals surface area contributed by atoms with E-state index in [1.54, 1.807) is 6.08 Å². The number of allylic oxidation sites excluding steroid dienone is 2. The topological polar surface area (TPSA) is 145 Å². The summed E-state index contributed by atoms with van der Waals surface area (Å²) >= 11 is 0. The number of carboxylic acids is 2. The van der Waals surface area contributed by atoms with Crippen molar-refractivity contribution in [2.75, 3.05) is 0 Å². The van der Waals surface area contributed by atoms with Gasteiger partial charge in [-0.3, -0.25) is 9.59 Å². The molecule has 4 aromatic rings. The number of hydrogen-bond donors (Lipinski definition) is 5. The number of aromatic nitrogens is 4. The average molecular weight is 582 g/mol. The van der Waals surface area contributed by atoms with E-state index in [4.69, 9.17) is 0 Å². The Morgan fingerprint density at radius 1 is 0.744 bits per heavy atom. The van der Waals surface area contributed by atoms with Crippen molar-refractivity contribution in [2.24, 2.45) is 0 Å². The van der Waals surface area contributed by atoms with Crippen molar-refractivity contribution in [2.45, 2.75) is 66.7 Å². The van der Waals surface area contributed by atoms with Gasteiger partial charge in [-0.25, -0.2) is 0 Å². The maximum absolute atomic E-state index is 13.8. The molecule has 0 saturated heterocycles. The van der Waals surface area contributed by atoms with Gasteiger partial charge in [0.25, 0.3) is 11.4 Å². The van der Waals surface area contributed by atoms with Crippen LogP contribution < -0.4 is 4.43 Å². The molecule has 5 rings (SSSR count). The Bertz CT molecular complexity index is 2050. The van der Waals surface area contributed by atoms with Gasteiger partial charge in [-0.15, -0.1) is 0 Å². The van der Waals surface area contributed by atoms with Gasteiger partial charge >= 0.3 is 11.9 Å². The van der Waals surface area contributed by atoms with Gasteiger partial charge in [0.05, 0.1) is 4.43 Å². The standard InChI is InChI=1S/C34H36N4O5/c1-7-21-17(3)27-16-32-22(8-2)20(6)31(38(32)43)15-26-19(5)24(10-12-34(41)42)30(37-26)14-29-23(9-11-33(39)40)18(4)25(35-29)13-28(21)36-27/h7,13-16H,1,8-12H2,2-6H3,(H4-,35,36,37,39,40,41,42,43)/p+1. The van der Waals surface area contributed by atoms with Crippen LogP contribution in [0.2, 0.25) is 0 Å². The van der Waals surface area contributed by atoms with Crippen molar-refractivity contribution >= 4 is 62.3 Å². The number of nitrogens with zero attached hydrogens (tertiary/aromatic N) is 1. The molecule has 1 aliphatic rings. The van der Waals surface area contributed by atoms with Crippen molar-refractivity contribution in [3.63, 3.8) is 0 Å². The monoisotopic (exact) mass is 581 g/mol. The van der Waals surface area contributed by atoms with Crippen LogP contribution in [0, 0.1) is 25.7 Å². The highest BCUT2D eigenvalue weighted by molar-refractivity contribution is 5.91. The lowest BCUT2D eigenvalue weighted by Gasteiger charge is -2.00. The van der Waals surface area contributed by atoms with E-state index in [0.717, 1.165) is 82.1 Å². The minimum Gasteiger partial charge on any atom is -0.481 e. The number of nitrogens with one attached hydrogen (secondary N) is 3. The van der Waals surface area contributed by atoms with Crippen LogP contribution in [0.25, 0.3) is 50.3 Å². The second kappa shape index (κ2) is 11.4. The lowest BCUT2D eigenvalue weighted by Crippen LogP contribution is -2.18. The smallest absolute Gasteiger partial charge is 0.303 e. The van der Waals surface area contributed by atoms with Crippen LogP contribution in [0.15, 0.2) is 30.8 Å². The number of aliphatic carboxylic acids is 2. The van der Waals surface area contributed by atoms with E-state index in [2.05, 4.69) is 21.5 Å². The fourth-order valence-electron chi connectivity index (χ4n) is 6.25. The van der Waals surface area contributed by atoms with Crippen LogP contribution in [0.4, 0.5) is 0 Å². The maximum Gasteiger partial charge on any atom is 0.303 e. The van der Waals surface area contributed by atoms with Crippen LogP contribution in [0.5, 0.6) is 0 Å². The van der Waals surface area contributed by atoms with E-state index in [1.165, 1.54) is 0 Å². The molecule has 0 spiro atoms. The predicted octanol–water partition coefficient (Wildman–Crippen LogP) is 6.99. The quantitative estimate of drug-likeness (QED) is 0.142. The maximum atomic E-state index is 13.8. The zero-order valence-electron chi connectivity index (χ0n) is 25.2. The van der Waals surface area contributed by atoms with Crippen molar-refractivity contribution in [3.8, 4) is 0 Å². The lowest BCUT2D eigenvalue weighted by atomic mass is 10.0. The Hall–Kier alpha value is -4.92. The molecule has 0 amide bonds. The first-order chi connectivity index (χ1) is 20.4. The molecule has 43 heavy (non-hydrogen) atoms. The third kappa shape index (κ3) is 5.27. The number of carboxylic acid groups (broad SMARTS) is 2. The summed E-state index contributed by atoms with van der Waals surface area (Å²) in [7, 11) is 0. The molecule has 0 radical (unpaired) electrons. The summed E-state index contributed by atoms with van der Waals surface area (Å²) in [6.07, 6.45) is 3.00. The first-order valence-corrected chi connectivity index (χ1v) is 14.5. The van der Waals surface area contributed by atoms with Crippen molar-refractivity contribution in [1.29, 1.82) is 0 Å². The van der Waals surface area contributed by atoms with Gasteiger partial charge in [0, 0.05) is 79.7 Å². The van der Waals surface area contributed by atoms with E-state index in [1.807, 2.05) is 58.9 Å². The highest BCUT2D eigenvalue weighted by atomic mass is 16.4. The third-order valence-corrected chi connectivity index (χ3v) is 8.73. The molecule has 5 heterocycles. The number of rotatable bonds is 8. The fraction of sp³-hybridized carbons (Fsp3) is 0.294. The molecule has 0 aliphatic carbocycles. The van der Waals surface area contributed by atoms with Crippen LogP contribution in [0.1, 0.15) is 77.9 Å². The number of carbonyl (C=O) groups is 2. The van der Waals surface area contributed by atoms with Gasteiger partial charge < -0.3 is 25.2 Å². The fourth-order valence-corrected chi connectivity index (χ4v) is 6.25. The molecule has 0 unspecified atom stereocenters. The first-order valence-electron chi connectivity index (χ1n) is 14.5. The Morgan fingerprint density at radius 2 is 1.21 bits per heavy atom. The van der Waals surface area contributed by atoms with E-state index < -0.39 is 11.9 Å². The Balaban J connectivity index is 2.01. The molecule has 0 fully saturated rings. The number of H-pyrrole nitrogens is 3. The molecular weight excluding hydrogens is 544 g/mol. The average Bonchev–Trinajstić information content (AvgIpc) is 3.59. The van der Waals surface area contributed by atoms with Gasteiger partial charge in [-0.1, -0.05) is 19.6 Å². The van der Waals surface area contributed by atoms with Crippen molar-refractivity contribution in [1.82, 2.24) is 15.0 Å². The number of aromatic amines is 3. The SMILES string of the molecule is C=Cc1c(C)c2cc3[n+](=O)c(cc4[nH]c(cc5[nH]c(cc1[nH]2)c(C)c5CCC(=O)O)c(CCC(=O)O)c4C)C(C)=C3CC. The van der Waals surface area contributed by atoms with E-state index in [9.17, 15) is 24.7 Å². The molecule has 222 valence electrons. The Kier molecular flexibility index (Phi) is 7.84. The molecule has 9 nitrogen and oxygen atoms in total. The van der Waals surface area contributed by atoms with Crippen LogP contribution in [-0.4, -0.2) is 37.1 Å². The summed E-state index contributed by atoms with van der Waals surface area (Å²) < 4.78 is 0.975. The number of aryl methyl sites for hydroxylation is 5. The Labute approximate surface area is 248 Å². The van der Waals surface area contributed by atoms with Gasteiger partial charge in [0.1, 0.15) is 0 Å². The highest BCUT2D eigenvalue weighted by Gasteiger charge is 2.29. The second-order valence-electron chi connectivity index (χ2n) is 11.2. The summed E-state index contributed by atoms with van der Waals surface area (Å²) in [5, 5.41) is 18.9. The van der Waals surface area contributed by atoms with Crippen molar-refractivity contribution < 1.29 is 24.2 Å². The number of fused-ring (bicyclic) bond motifs is 8. The zero-order valence-corrected chi connectivity index (χ0v) is 25.2. The molecule has 9 heteroatoms. The largest absolute Gasteiger partial charge is 0.481 e. The van der Waals surface area contributed by atoms with Crippen LogP contribution in [-0.2, 0) is 22.4 Å². The lowest BCUT2D eigenvalue weighted by molar-refractivity contribution is -0.496. The second-order valence-corrected chi connectivity index (χ2v) is 11.2. The zero-order chi connectivity index (χ0) is 31.2. The molecule has 0 aromatic carbocycles. The first kappa shape index (κ1) is 29.6. The minimum absolute atomic E-state index is 0.0338. The van der Waals surface area contributed by atoms with Gasteiger partial charge in [-0.05, 0) is 86.9 Å². The molecular formula is C34H37N4O5+. The van der Waals surface area contributed by atoms with Gasteiger partial charge in [-0.2, -0.15) is 0 Å². The van der Waals surface area contributed by atoms with E-state index in [0.29, 0.717) is 30.7 Å². The summed E-state index contributed by atoms with van der Waals surface area (Å²) in [6.45, 7) is 13.9. The van der Waals surface area contributed by atoms with Crippen LogP contribution in [0.3, 0.4) is 0 Å². The van der Waals surface area contributed by atoms with Gasteiger partial charge in [0.2, 0.25) is 0 Å². The summed E-state index contributed by atoms with van der Waals surface area (Å²) in [5.74, 6) is -1.79. The molecule has 8 bridgehead atoms. The third-order valence-electron chi connectivity index (χ3n) is 8.73. The molecule has 5 N–H and O–H groups in total. The molecule has 0 atom stereocenters. The van der Waals surface area contributed by atoms with E-state index >= 15 is 0 Å². The highest BCUT2D eigenvalue weighted by Crippen LogP contribution is 2.33. The molecule has 0 saturated carbocycles. The summed E-state index contributed by atoms with van der Waals surface area (Å²) in [4.78, 5) is 47.4. The van der Waals surface area contributed by atoms with Gasteiger partial charge in [0.15, 0.2) is 0 Å². The molecule has 4 aromatic heterocycles. The summed E-state index contributed by atoms with van der Waals surface area (Å²) in [5.41, 5.74) is 12.9. The Morgan fingerprint density at radius 3 is 1.72 bits per heavy atom. The van der Waals surface area contributed by atoms with E-state index in [-0.39, 0.29) is 12.8 Å². The van der Waals surface area contributed by atoms with Crippen LogP contribution >= 0.6 is 0 Å². The predicted molar refractivity (Wildman–Crippen MR) is 171 cm³/mol. The minimum atomic E-state index is -0.902. The number of hydrogen-bond acceptors (Lipinski definition) is 3. The summed E-state index contributed by atoms with van der Waals surface area (Å²) in [6, 6.07) is 7.65. The van der Waals surface area contributed by atoms with Crippen molar-refractivity contribution in [3.05, 3.63) is 80.5 Å².